The van der Waals surface area contributed by atoms with Gasteiger partial charge in [0.05, 0.1) is 0 Å². The molecule has 64 valence electrons. The van der Waals surface area contributed by atoms with Crippen LogP contribution in [0.2, 0.25) is 0 Å². The van der Waals surface area contributed by atoms with Crippen LogP contribution in [0.1, 0.15) is 19.3 Å². The van der Waals surface area contributed by atoms with E-state index < -0.39 is 5.67 Å². The predicted molar refractivity (Wildman–Crippen MR) is 42.1 cm³/mol. The zero-order valence-corrected chi connectivity index (χ0v) is 7.04. The summed E-state index contributed by atoms with van der Waals surface area (Å²) < 4.78 is 14.6. The van der Waals surface area contributed by atoms with E-state index >= 15 is 0 Å². The monoisotopic (exact) mass is 164 g/mol. The fraction of sp³-hybridized carbons (Fsp3) is 1.00. The summed E-state index contributed by atoms with van der Waals surface area (Å²) in [5, 5.41) is 0. The minimum Gasteiger partial charge on any atom is -0.243 e. The molecule has 0 heterocycles. The van der Waals surface area contributed by atoms with Crippen LogP contribution in [0, 0.1) is 41.4 Å². The van der Waals surface area contributed by atoms with Crippen molar-refractivity contribution in [3.63, 3.8) is 0 Å². The minimum atomic E-state index is -0.616. The maximum atomic E-state index is 14.6. The third-order valence-corrected chi connectivity index (χ3v) is 5.71. The molecule has 0 aliphatic heterocycles. The second-order valence-corrected chi connectivity index (χ2v) is 5.92. The van der Waals surface area contributed by atoms with E-state index in [-0.39, 0.29) is 0 Å². The van der Waals surface area contributed by atoms with Gasteiger partial charge in [-0.2, -0.15) is 0 Å². The Hall–Kier alpha value is -0.0700. The van der Waals surface area contributed by atoms with Crippen molar-refractivity contribution in [2.45, 2.75) is 24.9 Å². The van der Waals surface area contributed by atoms with E-state index in [2.05, 4.69) is 0 Å². The summed E-state index contributed by atoms with van der Waals surface area (Å²) in [6.45, 7) is 0. The average Bonchev–Trinajstić information content (AvgIpc) is 2.90. The largest absolute Gasteiger partial charge is 0.243 e. The molecule has 0 spiro atoms. The summed E-state index contributed by atoms with van der Waals surface area (Å²) >= 11 is 0. The molecule has 12 heavy (non-hydrogen) atoms. The molecular formula is C11H13F. The van der Waals surface area contributed by atoms with Gasteiger partial charge in [-0.1, -0.05) is 0 Å². The van der Waals surface area contributed by atoms with E-state index in [4.69, 9.17) is 0 Å². The molecule has 0 nitrogen and oxygen atoms in total. The SMILES string of the molecule is FC12C3CC3C(C3CC31)C1CC12. The van der Waals surface area contributed by atoms with Crippen LogP contribution in [0.3, 0.4) is 0 Å². The Bertz CT molecular complexity index is 252. The highest BCUT2D eigenvalue weighted by atomic mass is 19.1. The van der Waals surface area contributed by atoms with Crippen LogP contribution in [0.5, 0.6) is 0 Å². The van der Waals surface area contributed by atoms with Crippen LogP contribution in [-0.2, 0) is 0 Å². The highest BCUT2D eigenvalue weighted by molar-refractivity contribution is 5.32. The maximum absolute atomic E-state index is 14.6. The molecule has 6 saturated carbocycles. The van der Waals surface area contributed by atoms with Crippen LogP contribution in [0.15, 0.2) is 0 Å². The van der Waals surface area contributed by atoms with E-state index in [0.717, 1.165) is 23.7 Å². The van der Waals surface area contributed by atoms with Crippen LogP contribution in [-0.4, -0.2) is 5.67 Å². The van der Waals surface area contributed by atoms with Gasteiger partial charge in [0.1, 0.15) is 5.67 Å². The molecule has 6 rings (SSSR count). The van der Waals surface area contributed by atoms with Gasteiger partial charge in [0, 0.05) is 0 Å². The molecule has 0 aromatic rings. The van der Waals surface area contributed by atoms with Crippen molar-refractivity contribution in [2.75, 3.05) is 0 Å². The molecule has 6 atom stereocenters. The van der Waals surface area contributed by atoms with E-state index in [1.54, 1.807) is 0 Å². The zero-order chi connectivity index (χ0) is 7.66. The molecule has 6 unspecified atom stereocenters. The van der Waals surface area contributed by atoms with Crippen LogP contribution in [0.4, 0.5) is 4.39 Å². The molecule has 0 aromatic heterocycles. The molecular weight excluding hydrogens is 151 g/mol. The van der Waals surface area contributed by atoms with Gasteiger partial charge in [-0.15, -0.1) is 0 Å². The van der Waals surface area contributed by atoms with Gasteiger partial charge in [0.15, 0.2) is 0 Å². The zero-order valence-electron chi connectivity index (χ0n) is 7.04. The summed E-state index contributed by atoms with van der Waals surface area (Å²) in [4.78, 5) is 0. The third-order valence-electron chi connectivity index (χ3n) is 5.71. The fourth-order valence-electron chi connectivity index (χ4n) is 5.22. The Morgan fingerprint density at radius 3 is 1.67 bits per heavy atom. The molecule has 6 fully saturated rings. The van der Waals surface area contributed by atoms with Gasteiger partial charge in [-0.25, -0.2) is 4.39 Å². The van der Waals surface area contributed by atoms with E-state index in [1.807, 2.05) is 0 Å². The van der Waals surface area contributed by atoms with Crippen molar-refractivity contribution >= 4 is 0 Å². The molecule has 2 bridgehead atoms. The Morgan fingerprint density at radius 2 is 1.25 bits per heavy atom. The van der Waals surface area contributed by atoms with E-state index in [0.29, 0.717) is 17.8 Å². The summed E-state index contributed by atoms with van der Waals surface area (Å²) in [5.74, 6) is 5.26. The lowest BCUT2D eigenvalue weighted by atomic mass is 9.69. The molecule has 0 radical (unpaired) electrons. The first kappa shape index (κ1) is 5.62. The predicted octanol–water partition coefficient (Wildman–Crippen LogP) is 2.25. The molecule has 1 heteroatoms. The summed E-state index contributed by atoms with van der Waals surface area (Å²) in [6, 6.07) is 0. The molecule has 6 aliphatic rings. The molecule has 0 amide bonds. The van der Waals surface area contributed by atoms with Crippen molar-refractivity contribution in [3.05, 3.63) is 0 Å². The normalized spacial score (nSPS) is 85.2. The smallest absolute Gasteiger partial charge is 0.120 e. The lowest BCUT2D eigenvalue weighted by Crippen LogP contribution is -2.44. The minimum absolute atomic E-state index is 0.551. The Labute approximate surface area is 71.5 Å². The second-order valence-electron chi connectivity index (χ2n) is 5.92. The van der Waals surface area contributed by atoms with Gasteiger partial charge in [0.25, 0.3) is 0 Å². The van der Waals surface area contributed by atoms with Crippen molar-refractivity contribution in [1.82, 2.24) is 0 Å². The summed E-state index contributed by atoms with van der Waals surface area (Å²) in [7, 11) is 0. The number of hydrogen-bond donors (Lipinski definition) is 0. The summed E-state index contributed by atoms with van der Waals surface area (Å²) in [5.41, 5.74) is -0.616. The quantitative estimate of drug-likeness (QED) is 0.515. The van der Waals surface area contributed by atoms with Gasteiger partial charge >= 0.3 is 0 Å². The number of halogens is 1. The van der Waals surface area contributed by atoms with Crippen LogP contribution in [0.25, 0.3) is 0 Å². The maximum Gasteiger partial charge on any atom is 0.120 e. The van der Waals surface area contributed by atoms with Crippen molar-refractivity contribution in [3.8, 4) is 0 Å². The molecule has 0 N–H and O–H groups in total. The lowest BCUT2D eigenvalue weighted by Gasteiger charge is -2.39. The lowest BCUT2D eigenvalue weighted by molar-refractivity contribution is -0.0155. The number of hydrogen-bond acceptors (Lipinski definition) is 0. The standard InChI is InChI=1S/C11H13F/c12-11-7-1-4(7)10(5-2-8(5)11)6-3-9(6)11/h4-10H,1-3H2. The van der Waals surface area contributed by atoms with Gasteiger partial charge in [0.2, 0.25) is 0 Å². The molecule has 6 aliphatic carbocycles. The van der Waals surface area contributed by atoms with E-state index in [9.17, 15) is 4.39 Å². The first-order chi connectivity index (χ1) is 5.82. The second kappa shape index (κ2) is 1.20. The van der Waals surface area contributed by atoms with Crippen molar-refractivity contribution in [2.24, 2.45) is 41.4 Å². The first-order valence-electron chi connectivity index (χ1n) is 5.50. The average molecular weight is 164 g/mol. The van der Waals surface area contributed by atoms with Gasteiger partial charge in [-0.05, 0) is 60.7 Å². The highest BCUT2D eigenvalue weighted by Gasteiger charge is 2.84. The number of rotatable bonds is 0. The first-order valence-corrected chi connectivity index (χ1v) is 5.50. The number of alkyl halides is 1. The van der Waals surface area contributed by atoms with Crippen LogP contribution < -0.4 is 0 Å². The van der Waals surface area contributed by atoms with Gasteiger partial charge in [-0.3, -0.25) is 0 Å². The van der Waals surface area contributed by atoms with Crippen molar-refractivity contribution in [1.29, 1.82) is 0 Å². The highest BCUT2D eigenvalue weighted by Crippen LogP contribution is 2.85. The van der Waals surface area contributed by atoms with Crippen molar-refractivity contribution < 1.29 is 4.39 Å². The van der Waals surface area contributed by atoms with Crippen LogP contribution >= 0.6 is 0 Å². The van der Waals surface area contributed by atoms with E-state index in [1.165, 1.54) is 19.3 Å². The third kappa shape index (κ3) is 0.345. The molecule has 0 saturated heterocycles. The Balaban J connectivity index is 1.80. The fourth-order valence-corrected chi connectivity index (χ4v) is 5.22. The van der Waals surface area contributed by atoms with Gasteiger partial charge < -0.3 is 0 Å². The topological polar surface area (TPSA) is 0 Å². The summed E-state index contributed by atoms with van der Waals surface area (Å²) in [6.07, 6.45) is 3.80. The Morgan fingerprint density at radius 1 is 0.833 bits per heavy atom. The Kier molecular flexibility index (Phi) is 0.563. The molecule has 0 aromatic carbocycles.